The lowest BCUT2D eigenvalue weighted by Gasteiger charge is -2.18. The molecule has 0 aromatic heterocycles. The quantitative estimate of drug-likeness (QED) is 0.0261. The van der Waals surface area contributed by atoms with E-state index in [-0.39, 0.29) is 37.5 Å². The minimum atomic E-state index is -0.817. The normalized spacial score (nSPS) is 13.1. The SMILES string of the molecule is CC/C=C\C/C=C\C/C=C\C/C=C\C/C=C\CCCCCC(=O)OC[C@@H](COC(=O)CCCCCCCCCCC/C=C\C/C=C\CCCCC)OC(=O)CCCCC/C=C\C/C=C\C/C=C\C/C=C\CCCCC. The molecule has 0 aromatic rings. The van der Waals surface area contributed by atoms with Gasteiger partial charge in [-0.05, 0) is 141 Å². The Kier molecular flexibility index (Phi) is 58.4. The van der Waals surface area contributed by atoms with Crippen molar-refractivity contribution in [3.05, 3.63) is 134 Å². The molecule has 0 N–H and O–H groups in total. The van der Waals surface area contributed by atoms with Crippen molar-refractivity contribution in [1.82, 2.24) is 0 Å². The van der Waals surface area contributed by atoms with E-state index in [0.717, 1.165) is 122 Å². The van der Waals surface area contributed by atoms with Crippen LogP contribution >= 0.6 is 0 Å². The zero-order valence-corrected chi connectivity index (χ0v) is 48.5. The van der Waals surface area contributed by atoms with Crippen molar-refractivity contribution in [3.63, 3.8) is 0 Å². The van der Waals surface area contributed by atoms with Gasteiger partial charge in [0, 0.05) is 19.3 Å². The number of rotatable bonds is 54. The predicted octanol–water partition coefficient (Wildman–Crippen LogP) is 21.0. The molecule has 0 saturated carbocycles. The summed E-state index contributed by atoms with van der Waals surface area (Å²) in [6.45, 7) is 6.42. The Hall–Kier alpha value is -4.45. The first-order chi connectivity index (χ1) is 37.0. The Labute approximate surface area is 462 Å². The molecular formula is C69H112O6. The monoisotopic (exact) mass is 1040 g/mol. The molecule has 0 aliphatic heterocycles. The molecule has 0 bridgehead atoms. The largest absolute Gasteiger partial charge is 0.462 e. The van der Waals surface area contributed by atoms with Crippen molar-refractivity contribution in [2.24, 2.45) is 0 Å². The summed E-state index contributed by atoms with van der Waals surface area (Å²) in [5.41, 5.74) is 0. The smallest absolute Gasteiger partial charge is 0.306 e. The summed E-state index contributed by atoms with van der Waals surface area (Å²) >= 11 is 0. The second kappa shape index (κ2) is 62.1. The second-order valence-corrected chi connectivity index (χ2v) is 19.9. The molecule has 0 unspecified atom stereocenters. The Morgan fingerprint density at radius 1 is 0.280 bits per heavy atom. The number of ether oxygens (including phenoxy) is 3. The van der Waals surface area contributed by atoms with Crippen LogP contribution in [0.25, 0.3) is 0 Å². The van der Waals surface area contributed by atoms with Crippen molar-refractivity contribution in [1.29, 1.82) is 0 Å². The van der Waals surface area contributed by atoms with E-state index in [9.17, 15) is 14.4 Å². The van der Waals surface area contributed by atoms with Gasteiger partial charge in [0.05, 0.1) is 0 Å². The van der Waals surface area contributed by atoms with Crippen molar-refractivity contribution in [2.45, 2.75) is 271 Å². The summed E-state index contributed by atoms with van der Waals surface area (Å²) in [5.74, 6) is -0.977. The lowest BCUT2D eigenvalue weighted by atomic mass is 10.1. The van der Waals surface area contributed by atoms with E-state index in [1.165, 1.54) is 96.3 Å². The lowest BCUT2D eigenvalue weighted by molar-refractivity contribution is -0.167. The molecule has 0 spiro atoms. The van der Waals surface area contributed by atoms with Crippen LogP contribution in [0.15, 0.2) is 134 Å². The van der Waals surface area contributed by atoms with E-state index in [2.05, 4.69) is 154 Å². The summed E-state index contributed by atoms with van der Waals surface area (Å²) in [4.78, 5) is 38.3. The third kappa shape index (κ3) is 60.3. The summed E-state index contributed by atoms with van der Waals surface area (Å²) in [7, 11) is 0. The van der Waals surface area contributed by atoms with Gasteiger partial charge < -0.3 is 14.2 Å². The molecule has 0 amide bonds. The van der Waals surface area contributed by atoms with Gasteiger partial charge in [-0.25, -0.2) is 0 Å². The average molecular weight is 1040 g/mol. The fourth-order valence-corrected chi connectivity index (χ4v) is 8.01. The topological polar surface area (TPSA) is 78.9 Å². The van der Waals surface area contributed by atoms with Crippen LogP contribution in [0.3, 0.4) is 0 Å². The first kappa shape index (κ1) is 70.5. The Morgan fingerprint density at radius 3 is 0.827 bits per heavy atom. The van der Waals surface area contributed by atoms with Gasteiger partial charge in [0.25, 0.3) is 0 Å². The minimum absolute atomic E-state index is 0.108. The maximum atomic E-state index is 12.9. The van der Waals surface area contributed by atoms with Gasteiger partial charge in [0.2, 0.25) is 0 Å². The maximum Gasteiger partial charge on any atom is 0.306 e. The molecular weight excluding hydrogens is 925 g/mol. The van der Waals surface area contributed by atoms with Crippen LogP contribution in [0.1, 0.15) is 265 Å². The average Bonchev–Trinajstić information content (AvgIpc) is 3.41. The highest BCUT2D eigenvalue weighted by atomic mass is 16.6. The molecule has 6 nitrogen and oxygen atoms in total. The molecule has 0 heterocycles. The lowest BCUT2D eigenvalue weighted by Crippen LogP contribution is -2.30. The van der Waals surface area contributed by atoms with Crippen molar-refractivity contribution < 1.29 is 28.6 Å². The molecule has 6 heteroatoms. The van der Waals surface area contributed by atoms with E-state index < -0.39 is 6.10 Å². The summed E-state index contributed by atoms with van der Waals surface area (Å²) in [5, 5.41) is 0. The summed E-state index contributed by atoms with van der Waals surface area (Å²) in [6, 6.07) is 0. The third-order valence-corrected chi connectivity index (χ3v) is 12.6. The van der Waals surface area contributed by atoms with Crippen LogP contribution in [-0.4, -0.2) is 37.2 Å². The fraction of sp³-hybridized carbons (Fsp3) is 0.638. The van der Waals surface area contributed by atoms with Crippen LogP contribution in [-0.2, 0) is 28.6 Å². The molecule has 0 rings (SSSR count). The number of allylic oxidation sites excluding steroid dienone is 22. The van der Waals surface area contributed by atoms with Crippen molar-refractivity contribution >= 4 is 17.9 Å². The molecule has 0 saturated heterocycles. The molecule has 0 aromatic carbocycles. The summed E-state index contributed by atoms with van der Waals surface area (Å²) in [6.07, 6.45) is 87.2. The number of hydrogen-bond donors (Lipinski definition) is 0. The first-order valence-electron chi connectivity index (χ1n) is 30.7. The third-order valence-electron chi connectivity index (χ3n) is 12.6. The number of esters is 3. The van der Waals surface area contributed by atoms with E-state index in [1.807, 2.05) is 0 Å². The Morgan fingerprint density at radius 2 is 0.520 bits per heavy atom. The van der Waals surface area contributed by atoms with Gasteiger partial charge in [0.1, 0.15) is 13.2 Å². The van der Waals surface area contributed by atoms with Crippen LogP contribution in [0.2, 0.25) is 0 Å². The van der Waals surface area contributed by atoms with Crippen LogP contribution in [0, 0.1) is 0 Å². The van der Waals surface area contributed by atoms with E-state index in [0.29, 0.717) is 19.3 Å². The number of carbonyl (C=O) groups excluding carboxylic acids is 3. The fourth-order valence-electron chi connectivity index (χ4n) is 8.01. The van der Waals surface area contributed by atoms with E-state index in [1.54, 1.807) is 0 Å². The van der Waals surface area contributed by atoms with Crippen LogP contribution < -0.4 is 0 Å². The van der Waals surface area contributed by atoms with Crippen molar-refractivity contribution in [2.75, 3.05) is 13.2 Å². The minimum Gasteiger partial charge on any atom is -0.462 e. The van der Waals surface area contributed by atoms with Gasteiger partial charge in [0.15, 0.2) is 6.10 Å². The standard InChI is InChI=1S/C69H112O6/c1-4-7-10-13-16-19-22-25-28-31-34-37-40-43-46-49-52-55-58-61-67(70)73-64-66(75-69(72)63-60-57-54-51-48-45-42-39-36-33-30-27-24-21-18-15-12-9-6-3)65-74-68(71)62-59-56-53-50-47-44-41-38-35-32-29-26-23-20-17-14-11-8-5-2/h7,10,16-21,25-30,34,36-37,39,43,45-46,48,66H,4-6,8-9,11-15,22-24,31-33,35,38,40-42,44,47,49-65H2,1-3H3/b10-7-,19-16-,20-17-,21-18-,28-25-,29-26-,30-27-,37-34-,39-36-,46-43-,48-45-/t66-/m0/s1. The Bertz CT molecular complexity index is 1620. The number of hydrogen-bond acceptors (Lipinski definition) is 6. The first-order valence-corrected chi connectivity index (χ1v) is 30.7. The second-order valence-electron chi connectivity index (χ2n) is 19.9. The zero-order valence-electron chi connectivity index (χ0n) is 48.5. The predicted molar refractivity (Wildman–Crippen MR) is 325 cm³/mol. The zero-order chi connectivity index (χ0) is 54.3. The number of carbonyl (C=O) groups is 3. The van der Waals surface area contributed by atoms with Gasteiger partial charge >= 0.3 is 17.9 Å². The van der Waals surface area contributed by atoms with Gasteiger partial charge in [-0.1, -0.05) is 238 Å². The van der Waals surface area contributed by atoms with Gasteiger partial charge in [-0.2, -0.15) is 0 Å². The molecule has 0 aliphatic rings. The van der Waals surface area contributed by atoms with E-state index >= 15 is 0 Å². The maximum absolute atomic E-state index is 12.9. The molecule has 0 fully saturated rings. The molecule has 0 radical (unpaired) electrons. The van der Waals surface area contributed by atoms with Gasteiger partial charge in [-0.3, -0.25) is 14.4 Å². The summed E-state index contributed by atoms with van der Waals surface area (Å²) < 4.78 is 16.9. The highest BCUT2D eigenvalue weighted by Gasteiger charge is 2.19. The van der Waals surface area contributed by atoms with E-state index in [4.69, 9.17) is 14.2 Å². The molecule has 1 atom stereocenters. The van der Waals surface area contributed by atoms with Gasteiger partial charge in [-0.15, -0.1) is 0 Å². The van der Waals surface area contributed by atoms with Crippen LogP contribution in [0.5, 0.6) is 0 Å². The molecule has 424 valence electrons. The molecule has 0 aliphatic carbocycles. The number of unbranched alkanes of at least 4 members (excludes halogenated alkanes) is 21. The highest BCUT2D eigenvalue weighted by molar-refractivity contribution is 5.71. The van der Waals surface area contributed by atoms with Crippen LogP contribution in [0.4, 0.5) is 0 Å². The van der Waals surface area contributed by atoms with Crippen molar-refractivity contribution in [3.8, 4) is 0 Å². The highest BCUT2D eigenvalue weighted by Crippen LogP contribution is 2.14. The Balaban J connectivity index is 4.54. The molecule has 75 heavy (non-hydrogen) atoms.